The molecule has 1 aromatic carbocycles. The molecule has 1 fully saturated rings. The highest BCUT2D eigenvalue weighted by molar-refractivity contribution is 7.91. The average molecular weight is 317 g/mol. The highest BCUT2D eigenvalue weighted by Crippen LogP contribution is 2.20. The minimum Gasteiger partial charge on any atom is -0.394 e. The van der Waals surface area contributed by atoms with Crippen LogP contribution >= 0.6 is 0 Å². The standard InChI is InChI=1S/C14H20FNO4S/c15-12-3-1-2-11(6-12)7-16(8-14(18)9-17)13-4-5-21(19,20)10-13/h1-3,6,13-14,17-18H,4-5,7-10H2/t13-,14-/m1/s1. The third kappa shape index (κ3) is 4.74. The summed E-state index contributed by atoms with van der Waals surface area (Å²) in [6.07, 6.45) is -0.447. The quantitative estimate of drug-likeness (QED) is 0.782. The van der Waals surface area contributed by atoms with Crippen LogP contribution in [0.5, 0.6) is 0 Å². The summed E-state index contributed by atoms with van der Waals surface area (Å²) in [5, 5.41) is 18.6. The number of aliphatic hydroxyl groups excluding tert-OH is 2. The largest absolute Gasteiger partial charge is 0.394 e. The zero-order valence-electron chi connectivity index (χ0n) is 11.7. The molecule has 1 aliphatic heterocycles. The lowest BCUT2D eigenvalue weighted by molar-refractivity contribution is 0.0447. The predicted molar refractivity (Wildman–Crippen MR) is 77.0 cm³/mol. The second-order valence-corrected chi connectivity index (χ2v) is 7.68. The summed E-state index contributed by atoms with van der Waals surface area (Å²) in [4.78, 5) is 1.81. The van der Waals surface area contributed by atoms with Gasteiger partial charge in [-0.3, -0.25) is 4.90 Å². The van der Waals surface area contributed by atoms with E-state index in [1.807, 2.05) is 0 Å². The van der Waals surface area contributed by atoms with E-state index in [1.54, 1.807) is 17.0 Å². The van der Waals surface area contributed by atoms with Crippen molar-refractivity contribution in [1.82, 2.24) is 4.90 Å². The summed E-state index contributed by atoms with van der Waals surface area (Å²) < 4.78 is 36.5. The molecule has 0 amide bonds. The average Bonchev–Trinajstić information content (AvgIpc) is 2.78. The van der Waals surface area contributed by atoms with Gasteiger partial charge in [0.05, 0.1) is 24.2 Å². The fourth-order valence-corrected chi connectivity index (χ4v) is 4.37. The van der Waals surface area contributed by atoms with Crippen LogP contribution in [-0.4, -0.2) is 60.3 Å². The molecule has 0 aromatic heterocycles. The topological polar surface area (TPSA) is 77.8 Å². The lowest BCUT2D eigenvalue weighted by atomic mass is 10.1. The smallest absolute Gasteiger partial charge is 0.151 e. The Morgan fingerprint density at radius 3 is 2.76 bits per heavy atom. The molecule has 0 radical (unpaired) electrons. The van der Waals surface area contributed by atoms with Crippen LogP contribution < -0.4 is 0 Å². The predicted octanol–water partition coefficient (Wildman–Crippen LogP) is 0.168. The van der Waals surface area contributed by atoms with E-state index in [9.17, 15) is 17.9 Å². The minimum absolute atomic E-state index is 0.0421. The Bertz CT molecular complexity index is 578. The van der Waals surface area contributed by atoms with E-state index in [0.717, 1.165) is 0 Å². The Morgan fingerprint density at radius 1 is 1.43 bits per heavy atom. The summed E-state index contributed by atoms with van der Waals surface area (Å²) in [6.45, 7) is 0.112. The van der Waals surface area contributed by atoms with E-state index in [0.29, 0.717) is 18.5 Å². The van der Waals surface area contributed by atoms with Crippen molar-refractivity contribution >= 4 is 9.84 Å². The number of hydrogen-bond acceptors (Lipinski definition) is 5. The van der Waals surface area contributed by atoms with Crippen molar-refractivity contribution < 1.29 is 23.0 Å². The summed E-state index contributed by atoms with van der Waals surface area (Å²) in [6, 6.07) is 5.87. The van der Waals surface area contributed by atoms with Gasteiger partial charge in [-0.1, -0.05) is 12.1 Å². The van der Waals surface area contributed by atoms with Crippen LogP contribution in [-0.2, 0) is 16.4 Å². The van der Waals surface area contributed by atoms with E-state index >= 15 is 0 Å². The fourth-order valence-electron chi connectivity index (χ4n) is 2.60. The van der Waals surface area contributed by atoms with Gasteiger partial charge in [0.1, 0.15) is 5.82 Å². The van der Waals surface area contributed by atoms with Gasteiger partial charge >= 0.3 is 0 Å². The summed E-state index contributed by atoms with van der Waals surface area (Å²) in [5.41, 5.74) is 0.712. The number of hydrogen-bond donors (Lipinski definition) is 2. The fraction of sp³-hybridized carbons (Fsp3) is 0.571. The molecule has 0 saturated carbocycles. The Kier molecular flexibility index (Phi) is 5.32. The number of nitrogens with zero attached hydrogens (tertiary/aromatic N) is 1. The second-order valence-electron chi connectivity index (χ2n) is 5.45. The van der Waals surface area contributed by atoms with Crippen LogP contribution in [0.3, 0.4) is 0 Å². The van der Waals surface area contributed by atoms with Gasteiger partial charge in [-0.05, 0) is 24.1 Å². The molecule has 118 valence electrons. The van der Waals surface area contributed by atoms with Crippen LogP contribution in [0.2, 0.25) is 0 Å². The van der Waals surface area contributed by atoms with E-state index in [4.69, 9.17) is 5.11 Å². The molecule has 1 aliphatic rings. The van der Waals surface area contributed by atoms with Gasteiger partial charge in [0.2, 0.25) is 0 Å². The Balaban J connectivity index is 2.12. The first-order chi connectivity index (χ1) is 9.89. The van der Waals surface area contributed by atoms with Crippen molar-refractivity contribution in [2.45, 2.75) is 25.1 Å². The Morgan fingerprint density at radius 2 is 2.19 bits per heavy atom. The van der Waals surface area contributed by atoms with Gasteiger partial charge in [0.15, 0.2) is 9.84 Å². The first-order valence-corrected chi connectivity index (χ1v) is 8.69. The molecule has 0 unspecified atom stereocenters. The lowest BCUT2D eigenvalue weighted by Gasteiger charge is -2.29. The van der Waals surface area contributed by atoms with Gasteiger partial charge in [-0.25, -0.2) is 12.8 Å². The molecular weight excluding hydrogens is 297 g/mol. The second kappa shape index (κ2) is 6.83. The summed E-state index contributed by atoms with van der Waals surface area (Å²) in [7, 11) is -3.04. The van der Waals surface area contributed by atoms with Gasteiger partial charge in [0, 0.05) is 19.1 Å². The van der Waals surface area contributed by atoms with Crippen molar-refractivity contribution in [2.24, 2.45) is 0 Å². The monoisotopic (exact) mass is 317 g/mol. The molecular formula is C14H20FNO4S. The molecule has 2 atom stereocenters. The molecule has 5 nitrogen and oxygen atoms in total. The molecule has 0 bridgehead atoms. The van der Waals surface area contributed by atoms with Crippen molar-refractivity contribution in [3.8, 4) is 0 Å². The molecule has 0 aliphatic carbocycles. The molecule has 0 spiro atoms. The van der Waals surface area contributed by atoms with Crippen LogP contribution in [0.15, 0.2) is 24.3 Å². The maximum atomic E-state index is 13.2. The zero-order chi connectivity index (χ0) is 15.5. The highest BCUT2D eigenvalue weighted by atomic mass is 32.2. The first kappa shape index (κ1) is 16.4. The molecule has 7 heteroatoms. The number of halogens is 1. The van der Waals surface area contributed by atoms with Crippen molar-refractivity contribution in [3.63, 3.8) is 0 Å². The van der Waals surface area contributed by atoms with Crippen molar-refractivity contribution in [2.75, 3.05) is 24.7 Å². The Labute approximate surface area is 123 Å². The van der Waals surface area contributed by atoms with E-state index in [1.165, 1.54) is 12.1 Å². The van der Waals surface area contributed by atoms with Crippen LogP contribution in [0.4, 0.5) is 4.39 Å². The maximum Gasteiger partial charge on any atom is 0.151 e. The first-order valence-electron chi connectivity index (χ1n) is 6.87. The third-order valence-electron chi connectivity index (χ3n) is 3.66. The molecule has 2 rings (SSSR count). The third-order valence-corrected chi connectivity index (χ3v) is 5.41. The lowest BCUT2D eigenvalue weighted by Crippen LogP contribution is -2.41. The van der Waals surface area contributed by atoms with Crippen LogP contribution in [0, 0.1) is 5.82 Å². The summed E-state index contributed by atoms with van der Waals surface area (Å²) in [5.74, 6) is -0.179. The van der Waals surface area contributed by atoms with E-state index in [2.05, 4.69) is 0 Å². The Hall–Kier alpha value is -1.02. The van der Waals surface area contributed by atoms with Crippen molar-refractivity contribution in [3.05, 3.63) is 35.6 Å². The van der Waals surface area contributed by atoms with Gasteiger partial charge in [-0.15, -0.1) is 0 Å². The van der Waals surface area contributed by atoms with Crippen LogP contribution in [0.25, 0.3) is 0 Å². The number of rotatable bonds is 6. The highest BCUT2D eigenvalue weighted by Gasteiger charge is 2.33. The van der Waals surface area contributed by atoms with Gasteiger partial charge < -0.3 is 10.2 Å². The molecule has 21 heavy (non-hydrogen) atoms. The van der Waals surface area contributed by atoms with Gasteiger partial charge in [-0.2, -0.15) is 0 Å². The number of sulfone groups is 1. The van der Waals surface area contributed by atoms with Gasteiger partial charge in [0.25, 0.3) is 0 Å². The number of benzene rings is 1. The maximum absolute atomic E-state index is 13.2. The van der Waals surface area contributed by atoms with Crippen LogP contribution in [0.1, 0.15) is 12.0 Å². The summed E-state index contributed by atoms with van der Waals surface area (Å²) >= 11 is 0. The number of aliphatic hydroxyl groups is 2. The molecule has 2 N–H and O–H groups in total. The zero-order valence-corrected chi connectivity index (χ0v) is 12.5. The molecule has 1 aromatic rings. The SMILES string of the molecule is O=S1(=O)CC[C@@H](N(Cc2cccc(F)c2)C[C@@H](O)CO)C1. The van der Waals surface area contributed by atoms with E-state index in [-0.39, 0.29) is 36.5 Å². The minimum atomic E-state index is -3.04. The van der Waals surface area contributed by atoms with E-state index < -0.39 is 15.9 Å². The normalized spacial score (nSPS) is 22.6. The van der Waals surface area contributed by atoms with Crippen molar-refractivity contribution in [1.29, 1.82) is 0 Å². The molecule has 1 saturated heterocycles. The molecule has 1 heterocycles.